The number of nitrogens with zero attached hydrogens (tertiary/aromatic N) is 3. The van der Waals surface area contributed by atoms with Crippen LogP contribution in [0.25, 0.3) is 0 Å². The van der Waals surface area contributed by atoms with Crippen molar-refractivity contribution in [1.82, 2.24) is 20.4 Å². The lowest BCUT2D eigenvalue weighted by atomic mass is 10.2. The summed E-state index contributed by atoms with van der Waals surface area (Å²) in [5, 5.41) is 14.4. The second kappa shape index (κ2) is 10.5. The van der Waals surface area contributed by atoms with Crippen LogP contribution in [-0.2, 0) is 6.61 Å². The Morgan fingerprint density at radius 2 is 1.83 bits per heavy atom. The number of anilines is 1. The van der Waals surface area contributed by atoms with Crippen LogP contribution in [0.1, 0.15) is 25.2 Å². The zero-order valence-electron chi connectivity index (χ0n) is 16.8. The lowest BCUT2D eigenvalue weighted by molar-refractivity contribution is 0.0949. The fraction of sp³-hybridized carbons (Fsp3) is 0.238. The highest BCUT2D eigenvalue weighted by Crippen LogP contribution is 2.17. The first-order chi connectivity index (χ1) is 14.5. The number of carbonyl (C=O) groups is 2. The molecule has 0 aliphatic carbocycles. The molecule has 3 rings (SSSR count). The molecule has 0 unspecified atom stereocenters. The minimum Gasteiger partial charge on any atom is -0.486 e. The van der Waals surface area contributed by atoms with Gasteiger partial charge in [-0.2, -0.15) is 0 Å². The molecule has 0 aliphatic rings. The van der Waals surface area contributed by atoms with E-state index < -0.39 is 0 Å². The van der Waals surface area contributed by atoms with Gasteiger partial charge in [0.25, 0.3) is 11.8 Å². The largest absolute Gasteiger partial charge is 0.486 e. The lowest BCUT2D eigenvalue weighted by Gasteiger charge is -2.11. The van der Waals surface area contributed by atoms with E-state index in [-0.39, 0.29) is 23.4 Å². The van der Waals surface area contributed by atoms with Gasteiger partial charge in [-0.15, -0.1) is 10.2 Å². The fourth-order valence-electron chi connectivity index (χ4n) is 2.48. The van der Waals surface area contributed by atoms with Gasteiger partial charge < -0.3 is 20.3 Å². The van der Waals surface area contributed by atoms with E-state index >= 15 is 0 Å². The Balaban J connectivity index is 1.55. The zero-order chi connectivity index (χ0) is 21.3. The maximum atomic E-state index is 12.5. The Kier molecular flexibility index (Phi) is 7.47. The fourth-order valence-corrected chi connectivity index (χ4v) is 3.13. The minimum atomic E-state index is -0.386. The molecular weight excluding hydrogens is 402 g/mol. The summed E-state index contributed by atoms with van der Waals surface area (Å²) < 4.78 is 5.62. The molecule has 0 atom stereocenters. The predicted octanol–water partition coefficient (Wildman–Crippen LogP) is 2.66. The Morgan fingerprint density at radius 3 is 2.60 bits per heavy atom. The van der Waals surface area contributed by atoms with Crippen molar-refractivity contribution in [2.45, 2.75) is 6.61 Å². The molecule has 0 radical (unpaired) electrons. The summed E-state index contributed by atoms with van der Waals surface area (Å²) in [6.45, 7) is 1.52. The Bertz CT molecular complexity index is 991. The number of ether oxygens (including phenoxy) is 1. The average Bonchev–Trinajstić information content (AvgIpc) is 3.22. The van der Waals surface area contributed by atoms with Gasteiger partial charge >= 0.3 is 0 Å². The molecular formula is C21H23N5O3S. The first kappa shape index (κ1) is 21.4. The zero-order valence-corrected chi connectivity index (χ0v) is 17.6. The van der Waals surface area contributed by atoms with Gasteiger partial charge in [0, 0.05) is 24.3 Å². The first-order valence-electron chi connectivity index (χ1n) is 9.36. The third kappa shape index (κ3) is 6.36. The number of rotatable bonds is 9. The molecule has 30 heavy (non-hydrogen) atoms. The average molecular weight is 426 g/mol. The molecule has 0 fully saturated rings. The SMILES string of the molecule is CN(C)CCNC(=O)c1cccc(NC(=O)c2nnc(COc3ccccc3)s2)c1. The third-order valence-corrected chi connectivity index (χ3v) is 4.89. The number of likely N-dealkylation sites (N-methyl/N-ethyl adjacent to an activating group) is 1. The lowest BCUT2D eigenvalue weighted by Crippen LogP contribution is -2.31. The molecule has 0 bridgehead atoms. The van der Waals surface area contributed by atoms with Gasteiger partial charge in [-0.05, 0) is 44.4 Å². The van der Waals surface area contributed by atoms with Crippen LogP contribution in [0.15, 0.2) is 54.6 Å². The normalized spacial score (nSPS) is 10.6. The number of benzene rings is 2. The van der Waals surface area contributed by atoms with Crippen LogP contribution in [-0.4, -0.2) is 54.1 Å². The van der Waals surface area contributed by atoms with E-state index in [1.54, 1.807) is 24.3 Å². The van der Waals surface area contributed by atoms with Crippen molar-refractivity contribution in [2.75, 3.05) is 32.5 Å². The van der Waals surface area contributed by atoms with Crippen LogP contribution in [0, 0.1) is 0 Å². The van der Waals surface area contributed by atoms with Gasteiger partial charge in [0.15, 0.2) is 5.01 Å². The van der Waals surface area contributed by atoms with E-state index in [9.17, 15) is 9.59 Å². The molecule has 2 N–H and O–H groups in total. The summed E-state index contributed by atoms with van der Waals surface area (Å²) in [5.74, 6) is 0.146. The molecule has 8 nitrogen and oxygen atoms in total. The van der Waals surface area contributed by atoms with Crippen molar-refractivity contribution in [3.63, 3.8) is 0 Å². The van der Waals surface area contributed by atoms with Crippen molar-refractivity contribution >= 4 is 28.8 Å². The topological polar surface area (TPSA) is 96.5 Å². The maximum absolute atomic E-state index is 12.5. The van der Waals surface area contributed by atoms with E-state index in [4.69, 9.17) is 4.74 Å². The summed E-state index contributed by atoms with van der Waals surface area (Å²) in [6.07, 6.45) is 0. The van der Waals surface area contributed by atoms with Crippen molar-refractivity contribution in [3.05, 3.63) is 70.2 Å². The molecule has 2 amide bonds. The highest BCUT2D eigenvalue weighted by atomic mass is 32.1. The number of carbonyl (C=O) groups excluding carboxylic acids is 2. The summed E-state index contributed by atoms with van der Waals surface area (Å²) >= 11 is 1.16. The number of para-hydroxylation sites is 1. The van der Waals surface area contributed by atoms with E-state index in [0.717, 1.165) is 23.6 Å². The maximum Gasteiger partial charge on any atom is 0.286 e. The molecule has 156 valence electrons. The predicted molar refractivity (Wildman–Crippen MR) is 116 cm³/mol. The van der Waals surface area contributed by atoms with Gasteiger partial charge in [-0.3, -0.25) is 9.59 Å². The molecule has 1 heterocycles. The van der Waals surface area contributed by atoms with Gasteiger partial charge in [0.05, 0.1) is 0 Å². The van der Waals surface area contributed by atoms with E-state index in [2.05, 4.69) is 20.8 Å². The van der Waals surface area contributed by atoms with Gasteiger partial charge in [0.1, 0.15) is 12.4 Å². The summed E-state index contributed by atoms with van der Waals surface area (Å²) in [7, 11) is 3.88. The smallest absolute Gasteiger partial charge is 0.286 e. The Hall–Kier alpha value is -3.30. The minimum absolute atomic E-state index is 0.191. The molecule has 0 aliphatic heterocycles. The molecule has 0 saturated carbocycles. The number of hydrogen-bond acceptors (Lipinski definition) is 7. The first-order valence-corrected chi connectivity index (χ1v) is 10.2. The quantitative estimate of drug-likeness (QED) is 0.547. The molecule has 3 aromatic rings. The molecule has 0 saturated heterocycles. The van der Waals surface area contributed by atoms with Crippen molar-refractivity contribution in [1.29, 1.82) is 0 Å². The van der Waals surface area contributed by atoms with Gasteiger partial charge in [-0.25, -0.2) is 0 Å². The molecule has 9 heteroatoms. The number of amides is 2. The van der Waals surface area contributed by atoms with E-state index in [1.807, 2.05) is 49.3 Å². The highest BCUT2D eigenvalue weighted by molar-refractivity contribution is 7.13. The van der Waals surface area contributed by atoms with Crippen molar-refractivity contribution in [3.8, 4) is 5.75 Å². The number of aromatic nitrogens is 2. The van der Waals surface area contributed by atoms with Crippen LogP contribution in [0.4, 0.5) is 5.69 Å². The monoisotopic (exact) mass is 425 g/mol. The van der Waals surface area contributed by atoms with Gasteiger partial charge in [-0.1, -0.05) is 35.6 Å². The van der Waals surface area contributed by atoms with Crippen LogP contribution < -0.4 is 15.4 Å². The molecule has 1 aromatic heterocycles. The van der Waals surface area contributed by atoms with Crippen LogP contribution >= 0.6 is 11.3 Å². The summed E-state index contributed by atoms with van der Waals surface area (Å²) in [4.78, 5) is 26.7. The van der Waals surface area contributed by atoms with E-state index in [0.29, 0.717) is 22.8 Å². The standard InChI is InChI=1S/C21H23N5O3S/c1-26(2)12-11-22-19(27)15-7-6-8-16(13-15)23-20(28)21-25-24-18(30-21)14-29-17-9-4-3-5-10-17/h3-10,13H,11-12,14H2,1-2H3,(H,22,27)(H,23,28). The Labute approximate surface area is 178 Å². The summed E-state index contributed by atoms with van der Waals surface area (Å²) in [5.41, 5.74) is 0.985. The molecule has 2 aromatic carbocycles. The van der Waals surface area contributed by atoms with Crippen molar-refractivity contribution in [2.24, 2.45) is 0 Å². The number of hydrogen-bond donors (Lipinski definition) is 2. The van der Waals surface area contributed by atoms with Gasteiger partial charge in [0.2, 0.25) is 5.01 Å². The van der Waals surface area contributed by atoms with Crippen molar-refractivity contribution < 1.29 is 14.3 Å². The number of nitrogens with one attached hydrogen (secondary N) is 2. The Morgan fingerprint density at radius 1 is 1.03 bits per heavy atom. The highest BCUT2D eigenvalue weighted by Gasteiger charge is 2.14. The van der Waals surface area contributed by atoms with Crippen LogP contribution in [0.2, 0.25) is 0 Å². The van der Waals surface area contributed by atoms with Crippen LogP contribution in [0.3, 0.4) is 0 Å². The second-order valence-corrected chi connectivity index (χ2v) is 7.76. The second-order valence-electron chi connectivity index (χ2n) is 6.70. The third-order valence-electron chi connectivity index (χ3n) is 3.99. The molecule has 0 spiro atoms. The van der Waals surface area contributed by atoms with E-state index in [1.165, 1.54) is 0 Å². The summed E-state index contributed by atoms with van der Waals surface area (Å²) in [6, 6.07) is 16.1. The van der Waals surface area contributed by atoms with Crippen LogP contribution in [0.5, 0.6) is 5.75 Å².